The summed E-state index contributed by atoms with van der Waals surface area (Å²) in [5.41, 5.74) is 0.0125. The first-order chi connectivity index (χ1) is 10.9. The summed E-state index contributed by atoms with van der Waals surface area (Å²) in [6, 6.07) is 4.05. The van der Waals surface area contributed by atoms with Gasteiger partial charge in [-0.2, -0.15) is 0 Å². The number of esters is 1. The van der Waals surface area contributed by atoms with Crippen LogP contribution in [0.4, 0.5) is 4.39 Å². The molecule has 0 fully saturated rings. The van der Waals surface area contributed by atoms with E-state index in [1.54, 1.807) is 0 Å². The van der Waals surface area contributed by atoms with E-state index in [0.29, 0.717) is 6.54 Å². The lowest BCUT2D eigenvalue weighted by Crippen LogP contribution is -2.39. The number of hydrogen-bond acceptors (Lipinski definition) is 4. The highest BCUT2D eigenvalue weighted by atomic mass is 35.5. The van der Waals surface area contributed by atoms with Crippen molar-refractivity contribution in [3.8, 4) is 0 Å². The van der Waals surface area contributed by atoms with Gasteiger partial charge in [-0.05, 0) is 18.6 Å². The van der Waals surface area contributed by atoms with Gasteiger partial charge in [0.15, 0.2) is 6.61 Å². The third-order valence-electron chi connectivity index (χ3n) is 2.77. The fourth-order valence-electron chi connectivity index (χ4n) is 1.60. The third kappa shape index (κ3) is 7.10. The SMILES string of the molecule is CCCNC(=O)CNC(=O)COC(=O)Cc1c(F)cccc1Cl. The van der Waals surface area contributed by atoms with E-state index < -0.39 is 24.3 Å². The van der Waals surface area contributed by atoms with Gasteiger partial charge in [0.05, 0.1) is 13.0 Å². The number of ether oxygens (including phenoxy) is 1. The molecule has 0 saturated carbocycles. The van der Waals surface area contributed by atoms with Gasteiger partial charge in [0.1, 0.15) is 5.82 Å². The number of carbonyl (C=O) groups is 3. The molecule has 0 saturated heterocycles. The second-order valence-electron chi connectivity index (χ2n) is 4.66. The van der Waals surface area contributed by atoms with Crippen molar-refractivity contribution >= 4 is 29.4 Å². The monoisotopic (exact) mass is 344 g/mol. The zero-order valence-corrected chi connectivity index (χ0v) is 13.4. The Labute approximate surface area is 138 Å². The summed E-state index contributed by atoms with van der Waals surface area (Å²) in [7, 11) is 0. The first-order valence-corrected chi connectivity index (χ1v) is 7.43. The van der Waals surface area contributed by atoms with E-state index in [0.717, 1.165) is 6.42 Å². The second kappa shape index (κ2) is 9.78. The van der Waals surface area contributed by atoms with Crippen molar-refractivity contribution in [1.29, 1.82) is 0 Å². The van der Waals surface area contributed by atoms with Crippen LogP contribution in [-0.2, 0) is 25.5 Å². The van der Waals surface area contributed by atoms with Crippen molar-refractivity contribution < 1.29 is 23.5 Å². The highest BCUT2D eigenvalue weighted by molar-refractivity contribution is 6.31. The van der Waals surface area contributed by atoms with Crippen LogP contribution < -0.4 is 10.6 Å². The summed E-state index contributed by atoms with van der Waals surface area (Å²) < 4.78 is 18.2. The molecule has 0 radical (unpaired) electrons. The van der Waals surface area contributed by atoms with Gasteiger partial charge in [0.25, 0.3) is 5.91 Å². The number of rotatable bonds is 8. The minimum atomic E-state index is -0.789. The molecule has 2 amide bonds. The lowest BCUT2D eigenvalue weighted by molar-refractivity contribution is -0.148. The summed E-state index contributed by atoms with van der Waals surface area (Å²) in [6.07, 6.45) is 0.408. The van der Waals surface area contributed by atoms with E-state index in [4.69, 9.17) is 16.3 Å². The Morgan fingerprint density at radius 2 is 1.96 bits per heavy atom. The van der Waals surface area contributed by atoms with Crippen molar-refractivity contribution in [3.05, 3.63) is 34.6 Å². The van der Waals surface area contributed by atoms with E-state index >= 15 is 0 Å². The quantitative estimate of drug-likeness (QED) is 0.694. The largest absolute Gasteiger partial charge is 0.455 e. The molecule has 0 aliphatic heterocycles. The Morgan fingerprint density at radius 3 is 2.61 bits per heavy atom. The van der Waals surface area contributed by atoms with E-state index in [1.165, 1.54) is 18.2 Å². The van der Waals surface area contributed by atoms with Gasteiger partial charge in [-0.3, -0.25) is 14.4 Å². The first-order valence-electron chi connectivity index (χ1n) is 7.06. The summed E-state index contributed by atoms with van der Waals surface area (Å²) in [6.45, 7) is 1.68. The maximum atomic E-state index is 13.5. The van der Waals surface area contributed by atoms with Gasteiger partial charge >= 0.3 is 5.97 Å². The number of hydrogen-bond donors (Lipinski definition) is 2. The molecule has 0 atom stereocenters. The highest BCUT2D eigenvalue weighted by Crippen LogP contribution is 2.19. The molecule has 0 aliphatic carbocycles. The Morgan fingerprint density at radius 1 is 1.22 bits per heavy atom. The van der Waals surface area contributed by atoms with Crippen molar-refractivity contribution in [2.45, 2.75) is 19.8 Å². The van der Waals surface area contributed by atoms with Crippen molar-refractivity contribution in [2.75, 3.05) is 19.7 Å². The molecule has 0 unspecified atom stereocenters. The van der Waals surface area contributed by atoms with Crippen LogP contribution in [0.2, 0.25) is 5.02 Å². The normalized spacial score (nSPS) is 10.0. The second-order valence-corrected chi connectivity index (χ2v) is 5.07. The van der Waals surface area contributed by atoms with Gasteiger partial charge in [-0.1, -0.05) is 24.6 Å². The van der Waals surface area contributed by atoms with E-state index in [-0.39, 0.29) is 29.5 Å². The van der Waals surface area contributed by atoms with Crippen LogP contribution in [0.25, 0.3) is 0 Å². The van der Waals surface area contributed by atoms with Crippen LogP contribution >= 0.6 is 11.6 Å². The van der Waals surface area contributed by atoms with Crippen LogP contribution in [0.3, 0.4) is 0 Å². The molecular formula is C15H18ClFN2O4. The average Bonchev–Trinajstić information content (AvgIpc) is 2.52. The molecular weight excluding hydrogens is 327 g/mol. The van der Waals surface area contributed by atoms with E-state index in [9.17, 15) is 18.8 Å². The maximum absolute atomic E-state index is 13.5. The molecule has 0 heterocycles. The van der Waals surface area contributed by atoms with Crippen LogP contribution in [0.15, 0.2) is 18.2 Å². The Bertz CT molecular complexity index is 560. The Kier molecular flexibility index (Phi) is 8.04. The summed E-state index contributed by atoms with van der Waals surface area (Å²) >= 11 is 5.79. The van der Waals surface area contributed by atoms with Gasteiger partial charge in [0, 0.05) is 17.1 Å². The van der Waals surface area contributed by atoms with E-state index in [1.807, 2.05) is 6.92 Å². The summed E-state index contributed by atoms with van der Waals surface area (Å²) in [4.78, 5) is 34.3. The maximum Gasteiger partial charge on any atom is 0.310 e. The average molecular weight is 345 g/mol. The fourth-order valence-corrected chi connectivity index (χ4v) is 1.83. The number of nitrogens with one attached hydrogen (secondary N) is 2. The molecule has 0 aliphatic rings. The molecule has 0 bridgehead atoms. The van der Waals surface area contributed by atoms with Gasteiger partial charge < -0.3 is 15.4 Å². The van der Waals surface area contributed by atoms with Crippen LogP contribution in [0.1, 0.15) is 18.9 Å². The molecule has 23 heavy (non-hydrogen) atoms. The fraction of sp³-hybridized carbons (Fsp3) is 0.400. The minimum absolute atomic E-state index is 0.0125. The summed E-state index contributed by atoms with van der Waals surface area (Å²) in [5.74, 6) is -2.36. The van der Waals surface area contributed by atoms with Crippen LogP contribution in [0, 0.1) is 5.82 Å². The molecule has 126 valence electrons. The first kappa shape index (κ1) is 18.9. The number of carbonyl (C=O) groups excluding carboxylic acids is 3. The number of benzene rings is 1. The van der Waals surface area contributed by atoms with Gasteiger partial charge in [-0.15, -0.1) is 0 Å². The summed E-state index contributed by atoms with van der Waals surface area (Å²) in [5, 5.41) is 5.00. The van der Waals surface area contributed by atoms with E-state index in [2.05, 4.69) is 10.6 Å². The lowest BCUT2D eigenvalue weighted by Gasteiger charge is -2.08. The van der Waals surface area contributed by atoms with Crippen molar-refractivity contribution in [3.63, 3.8) is 0 Å². The topological polar surface area (TPSA) is 84.5 Å². The Hall–Kier alpha value is -2.15. The van der Waals surface area contributed by atoms with Gasteiger partial charge in [-0.25, -0.2) is 4.39 Å². The minimum Gasteiger partial charge on any atom is -0.455 e. The molecule has 1 aromatic carbocycles. The number of amides is 2. The molecule has 1 aromatic rings. The van der Waals surface area contributed by atoms with Crippen LogP contribution in [-0.4, -0.2) is 37.5 Å². The molecule has 2 N–H and O–H groups in total. The zero-order chi connectivity index (χ0) is 17.2. The standard InChI is InChI=1S/C15H18ClFN2O4/c1-2-6-18-13(20)8-19-14(21)9-23-15(22)7-10-11(16)4-3-5-12(10)17/h3-5H,2,6-9H2,1H3,(H,18,20)(H,19,21). The lowest BCUT2D eigenvalue weighted by atomic mass is 10.1. The molecule has 8 heteroatoms. The van der Waals surface area contributed by atoms with Crippen molar-refractivity contribution in [2.24, 2.45) is 0 Å². The molecule has 6 nitrogen and oxygen atoms in total. The predicted molar refractivity (Wildman–Crippen MR) is 82.4 cm³/mol. The van der Waals surface area contributed by atoms with Crippen LogP contribution in [0.5, 0.6) is 0 Å². The van der Waals surface area contributed by atoms with Gasteiger partial charge in [0.2, 0.25) is 5.91 Å². The molecule has 0 aromatic heterocycles. The molecule has 0 spiro atoms. The third-order valence-corrected chi connectivity index (χ3v) is 3.12. The Balaban J connectivity index is 2.33. The zero-order valence-electron chi connectivity index (χ0n) is 12.7. The predicted octanol–water partition coefficient (Wildman–Crippen LogP) is 1.21. The molecule has 1 rings (SSSR count). The smallest absolute Gasteiger partial charge is 0.310 e. The van der Waals surface area contributed by atoms with Crippen molar-refractivity contribution in [1.82, 2.24) is 10.6 Å². The highest BCUT2D eigenvalue weighted by Gasteiger charge is 2.14. The number of halogens is 2.